The number of para-hydroxylation sites is 5. The Labute approximate surface area is 327 Å². The molecule has 0 amide bonds. The molecule has 0 unspecified atom stereocenters. The topological polar surface area (TPSA) is 8.17 Å². The normalized spacial score (nSPS) is 11.2. The smallest absolute Gasteiger partial charge is 0.0620 e. The number of rotatable bonds is 8. The number of aromatic nitrogens is 1. The van der Waals surface area contributed by atoms with Crippen molar-refractivity contribution in [3.63, 3.8) is 0 Å². The standard InChI is InChI=1S/C54H38N2/c1-5-20-39(21-6-1)42-36-43(40-22-7-2-8-23-40)38-45(37-42)56-53-35-18-15-30-48(53)50-32-19-31-49(54(50)56)47-29-14-17-34-52(47)55(44-26-11-4-12-27-44)51-33-16-13-28-46(51)41-24-9-3-10-25-41/h1-38H. The van der Waals surface area contributed by atoms with Gasteiger partial charge in [-0.25, -0.2) is 0 Å². The Morgan fingerprint density at radius 2 is 0.768 bits per heavy atom. The Bertz CT molecular complexity index is 2890. The summed E-state index contributed by atoms with van der Waals surface area (Å²) in [5.74, 6) is 0. The molecule has 0 bridgehead atoms. The van der Waals surface area contributed by atoms with Gasteiger partial charge in [0.2, 0.25) is 0 Å². The molecule has 56 heavy (non-hydrogen) atoms. The number of anilines is 3. The molecular formula is C54H38N2. The minimum absolute atomic E-state index is 1.10. The Kier molecular flexibility index (Phi) is 8.55. The lowest BCUT2D eigenvalue weighted by Gasteiger charge is -2.30. The van der Waals surface area contributed by atoms with Crippen LogP contribution in [0.25, 0.3) is 72.0 Å². The summed E-state index contributed by atoms with van der Waals surface area (Å²) >= 11 is 0. The number of nitrogens with zero attached hydrogens (tertiary/aromatic N) is 2. The molecule has 10 rings (SSSR count). The van der Waals surface area contributed by atoms with E-state index < -0.39 is 0 Å². The van der Waals surface area contributed by atoms with Gasteiger partial charge in [-0.15, -0.1) is 0 Å². The highest BCUT2D eigenvalue weighted by molar-refractivity contribution is 6.15. The highest BCUT2D eigenvalue weighted by Gasteiger charge is 2.23. The van der Waals surface area contributed by atoms with Crippen LogP contribution in [0, 0.1) is 0 Å². The third kappa shape index (κ3) is 5.95. The van der Waals surface area contributed by atoms with E-state index in [1.54, 1.807) is 0 Å². The van der Waals surface area contributed by atoms with Gasteiger partial charge in [0.15, 0.2) is 0 Å². The zero-order valence-electron chi connectivity index (χ0n) is 30.8. The maximum atomic E-state index is 2.49. The van der Waals surface area contributed by atoms with E-state index in [1.165, 1.54) is 60.8 Å². The molecule has 264 valence electrons. The summed E-state index contributed by atoms with van der Waals surface area (Å²) in [4.78, 5) is 2.42. The summed E-state index contributed by atoms with van der Waals surface area (Å²) in [5.41, 5.74) is 16.2. The molecule has 0 saturated heterocycles. The van der Waals surface area contributed by atoms with Crippen LogP contribution in [0.5, 0.6) is 0 Å². The molecule has 9 aromatic carbocycles. The fourth-order valence-electron chi connectivity index (χ4n) is 8.25. The van der Waals surface area contributed by atoms with Crippen LogP contribution < -0.4 is 4.90 Å². The van der Waals surface area contributed by atoms with Crippen molar-refractivity contribution in [3.8, 4) is 50.2 Å². The lowest BCUT2D eigenvalue weighted by molar-refractivity contribution is 1.18. The highest BCUT2D eigenvalue weighted by atomic mass is 15.1. The monoisotopic (exact) mass is 714 g/mol. The van der Waals surface area contributed by atoms with Gasteiger partial charge >= 0.3 is 0 Å². The zero-order chi connectivity index (χ0) is 37.3. The lowest BCUT2D eigenvalue weighted by Crippen LogP contribution is -2.12. The van der Waals surface area contributed by atoms with E-state index in [1.807, 2.05) is 0 Å². The van der Waals surface area contributed by atoms with E-state index in [4.69, 9.17) is 0 Å². The highest BCUT2D eigenvalue weighted by Crippen LogP contribution is 2.47. The van der Waals surface area contributed by atoms with Crippen LogP contribution in [-0.2, 0) is 0 Å². The average Bonchev–Trinajstić information content (AvgIpc) is 3.63. The maximum absolute atomic E-state index is 2.49. The molecular weight excluding hydrogens is 677 g/mol. The first-order valence-corrected chi connectivity index (χ1v) is 19.2. The third-order valence-corrected chi connectivity index (χ3v) is 10.8. The van der Waals surface area contributed by atoms with Gasteiger partial charge in [-0.05, 0) is 76.3 Å². The second-order valence-corrected chi connectivity index (χ2v) is 14.1. The van der Waals surface area contributed by atoms with Gasteiger partial charge in [0.1, 0.15) is 0 Å². The molecule has 2 nitrogen and oxygen atoms in total. The van der Waals surface area contributed by atoms with Crippen LogP contribution in [0.3, 0.4) is 0 Å². The first-order valence-electron chi connectivity index (χ1n) is 19.2. The van der Waals surface area contributed by atoms with Gasteiger partial charge in [-0.2, -0.15) is 0 Å². The molecule has 0 aliphatic heterocycles. The second kappa shape index (κ2) is 14.4. The fourth-order valence-corrected chi connectivity index (χ4v) is 8.25. The van der Waals surface area contributed by atoms with E-state index in [9.17, 15) is 0 Å². The van der Waals surface area contributed by atoms with E-state index in [-0.39, 0.29) is 0 Å². The van der Waals surface area contributed by atoms with Crippen LogP contribution in [0.15, 0.2) is 231 Å². The third-order valence-electron chi connectivity index (χ3n) is 10.8. The van der Waals surface area contributed by atoms with E-state index >= 15 is 0 Å². The van der Waals surface area contributed by atoms with Crippen LogP contribution in [0.1, 0.15) is 0 Å². The van der Waals surface area contributed by atoms with Crippen molar-refractivity contribution in [1.82, 2.24) is 4.57 Å². The summed E-state index contributed by atoms with van der Waals surface area (Å²) in [6.45, 7) is 0. The number of benzene rings is 9. The van der Waals surface area contributed by atoms with Crippen molar-refractivity contribution in [1.29, 1.82) is 0 Å². The van der Waals surface area contributed by atoms with Gasteiger partial charge in [0.25, 0.3) is 0 Å². The molecule has 0 spiro atoms. The summed E-state index contributed by atoms with van der Waals surface area (Å²) in [7, 11) is 0. The quantitative estimate of drug-likeness (QED) is 0.152. The van der Waals surface area contributed by atoms with Gasteiger partial charge < -0.3 is 9.47 Å². The van der Waals surface area contributed by atoms with E-state index in [2.05, 4.69) is 240 Å². The van der Waals surface area contributed by atoms with Crippen molar-refractivity contribution in [2.24, 2.45) is 0 Å². The molecule has 0 aliphatic carbocycles. The van der Waals surface area contributed by atoms with Gasteiger partial charge in [-0.1, -0.05) is 182 Å². The van der Waals surface area contributed by atoms with Gasteiger partial charge in [0, 0.05) is 38.8 Å². The average molecular weight is 715 g/mol. The number of hydrogen-bond acceptors (Lipinski definition) is 1. The first-order chi connectivity index (χ1) is 27.8. The molecule has 0 atom stereocenters. The molecule has 0 saturated carbocycles. The predicted octanol–water partition coefficient (Wildman–Crippen LogP) is 14.9. The lowest BCUT2D eigenvalue weighted by atomic mass is 9.96. The van der Waals surface area contributed by atoms with Crippen LogP contribution in [0.2, 0.25) is 0 Å². The zero-order valence-corrected chi connectivity index (χ0v) is 30.8. The second-order valence-electron chi connectivity index (χ2n) is 14.1. The predicted molar refractivity (Wildman–Crippen MR) is 237 cm³/mol. The minimum atomic E-state index is 1.10. The molecule has 1 heterocycles. The first kappa shape index (κ1) is 33.2. The van der Waals surface area contributed by atoms with Gasteiger partial charge in [0.05, 0.1) is 22.4 Å². The summed E-state index contributed by atoms with van der Waals surface area (Å²) in [6.07, 6.45) is 0. The van der Waals surface area contributed by atoms with Gasteiger partial charge in [-0.3, -0.25) is 0 Å². The maximum Gasteiger partial charge on any atom is 0.0620 e. The minimum Gasteiger partial charge on any atom is -0.309 e. The van der Waals surface area contributed by atoms with Crippen LogP contribution >= 0.6 is 0 Å². The summed E-state index contributed by atoms with van der Waals surface area (Å²) < 4.78 is 2.49. The van der Waals surface area contributed by atoms with E-state index in [0.29, 0.717) is 0 Å². The van der Waals surface area contributed by atoms with Crippen LogP contribution in [0.4, 0.5) is 17.1 Å². The molecule has 0 fully saturated rings. The summed E-state index contributed by atoms with van der Waals surface area (Å²) in [6, 6.07) is 83.1. The molecule has 2 heteroatoms. The fraction of sp³-hybridized carbons (Fsp3) is 0. The van der Waals surface area contributed by atoms with Crippen molar-refractivity contribution in [2.45, 2.75) is 0 Å². The van der Waals surface area contributed by atoms with Crippen LogP contribution in [-0.4, -0.2) is 4.57 Å². The summed E-state index contributed by atoms with van der Waals surface area (Å²) in [5, 5.41) is 2.44. The van der Waals surface area contributed by atoms with Crippen molar-refractivity contribution >= 4 is 38.9 Å². The number of fused-ring (bicyclic) bond motifs is 3. The Balaban J connectivity index is 1.26. The van der Waals surface area contributed by atoms with E-state index in [0.717, 1.165) is 28.3 Å². The molecule has 1 aromatic heterocycles. The number of hydrogen-bond donors (Lipinski definition) is 0. The molecule has 0 aliphatic rings. The Morgan fingerprint density at radius 3 is 1.41 bits per heavy atom. The van der Waals surface area contributed by atoms with Crippen molar-refractivity contribution in [3.05, 3.63) is 231 Å². The SMILES string of the molecule is c1ccc(-c2cc(-c3ccccc3)cc(-n3c4ccccc4c4cccc(-c5ccccc5N(c5ccccc5)c5ccccc5-c5ccccc5)c43)c2)cc1. The molecule has 0 radical (unpaired) electrons. The Morgan fingerprint density at radius 1 is 0.304 bits per heavy atom. The van der Waals surface area contributed by atoms with Crippen molar-refractivity contribution < 1.29 is 0 Å². The molecule has 10 aromatic rings. The Hall–Kier alpha value is -7.42. The largest absolute Gasteiger partial charge is 0.309 e. The van der Waals surface area contributed by atoms with Crippen molar-refractivity contribution in [2.75, 3.05) is 4.90 Å². The molecule has 0 N–H and O–H groups in total.